The lowest BCUT2D eigenvalue weighted by Crippen LogP contribution is -2.40. The lowest BCUT2D eigenvalue weighted by atomic mass is 9.94. The highest BCUT2D eigenvalue weighted by atomic mass is 32.1. The Morgan fingerprint density at radius 2 is 1.98 bits per heavy atom. The molecule has 44 heavy (non-hydrogen) atoms. The third kappa shape index (κ3) is 5.68. The van der Waals surface area contributed by atoms with Crippen LogP contribution in [0.3, 0.4) is 0 Å². The summed E-state index contributed by atoms with van der Waals surface area (Å²) in [7, 11) is 1.53. The molecule has 5 rings (SSSR count). The van der Waals surface area contributed by atoms with Crippen molar-refractivity contribution in [1.82, 2.24) is 4.57 Å². The number of para-hydroxylation sites is 1. The average molecular weight is 618 g/mol. The highest BCUT2D eigenvalue weighted by molar-refractivity contribution is 7.07. The van der Waals surface area contributed by atoms with Crippen molar-refractivity contribution in [2.75, 3.05) is 20.3 Å². The van der Waals surface area contributed by atoms with Gasteiger partial charge in [0.15, 0.2) is 16.3 Å². The summed E-state index contributed by atoms with van der Waals surface area (Å²) >= 11 is 1.17. The number of allylic oxidation sites excluding steroid dienone is 1. The van der Waals surface area contributed by atoms with Crippen LogP contribution >= 0.6 is 11.3 Å². The maximum absolute atomic E-state index is 14.1. The Balaban J connectivity index is 1.66. The van der Waals surface area contributed by atoms with E-state index in [-0.39, 0.29) is 23.4 Å². The van der Waals surface area contributed by atoms with Gasteiger partial charge in [-0.25, -0.2) is 9.79 Å². The molecule has 0 aliphatic carbocycles. The number of nitro groups is 1. The van der Waals surface area contributed by atoms with Crippen molar-refractivity contribution in [2.45, 2.75) is 40.2 Å². The summed E-state index contributed by atoms with van der Waals surface area (Å²) in [6.45, 7) is 7.74. The van der Waals surface area contributed by atoms with Gasteiger partial charge in [0.05, 0.1) is 41.0 Å². The Morgan fingerprint density at radius 3 is 2.66 bits per heavy atom. The molecule has 0 radical (unpaired) electrons. The van der Waals surface area contributed by atoms with Crippen LogP contribution in [0.15, 0.2) is 74.0 Å². The molecule has 0 saturated heterocycles. The minimum atomic E-state index is -0.885. The van der Waals surface area contributed by atoms with Gasteiger partial charge in [0, 0.05) is 29.3 Å². The van der Waals surface area contributed by atoms with E-state index in [1.165, 1.54) is 35.1 Å². The summed E-state index contributed by atoms with van der Waals surface area (Å²) in [5.74, 6) is 1.24. The molecule has 0 unspecified atom stereocenters. The number of aryl methyl sites for hydroxylation is 1. The van der Waals surface area contributed by atoms with Crippen LogP contribution in [-0.2, 0) is 9.53 Å². The van der Waals surface area contributed by atoms with Crippen LogP contribution in [0.5, 0.6) is 11.5 Å². The number of nitro benzene ring substituents is 1. The molecule has 1 aliphatic heterocycles. The topological polar surface area (TPSA) is 135 Å². The molecule has 11 nitrogen and oxygen atoms in total. The zero-order chi connectivity index (χ0) is 31.5. The van der Waals surface area contributed by atoms with Gasteiger partial charge in [-0.3, -0.25) is 19.5 Å². The third-order valence-electron chi connectivity index (χ3n) is 7.08. The van der Waals surface area contributed by atoms with Gasteiger partial charge >= 0.3 is 5.97 Å². The van der Waals surface area contributed by atoms with Crippen molar-refractivity contribution in [3.8, 4) is 22.8 Å². The van der Waals surface area contributed by atoms with Gasteiger partial charge in [0.25, 0.3) is 11.2 Å². The highest BCUT2D eigenvalue weighted by Gasteiger charge is 2.36. The number of hydrogen-bond acceptors (Lipinski definition) is 10. The number of ether oxygens (including phenoxy) is 3. The first-order valence-electron chi connectivity index (χ1n) is 14.0. The Kier molecular flexibility index (Phi) is 8.81. The maximum atomic E-state index is 14.1. The van der Waals surface area contributed by atoms with E-state index in [1.54, 1.807) is 63.2 Å². The molecule has 2 aromatic carbocycles. The zero-order valence-electron chi connectivity index (χ0n) is 24.9. The van der Waals surface area contributed by atoms with Crippen LogP contribution in [0.4, 0.5) is 5.69 Å². The van der Waals surface area contributed by atoms with Crippen LogP contribution in [0.1, 0.15) is 50.1 Å². The van der Waals surface area contributed by atoms with Crippen molar-refractivity contribution < 1.29 is 28.3 Å². The number of carbonyl (C=O) groups excluding carboxylic acids is 1. The number of fused-ring (bicyclic) bond motifs is 1. The molecule has 3 heterocycles. The predicted octanol–water partition coefficient (Wildman–Crippen LogP) is 5.07. The quantitative estimate of drug-likeness (QED) is 0.137. The summed E-state index contributed by atoms with van der Waals surface area (Å²) in [6.07, 6.45) is 2.36. The van der Waals surface area contributed by atoms with Crippen LogP contribution in [0.25, 0.3) is 17.4 Å². The minimum absolute atomic E-state index is 0.00883. The van der Waals surface area contributed by atoms with E-state index < -0.39 is 16.9 Å². The molecule has 1 atom stereocenters. The smallest absolute Gasteiger partial charge is 0.338 e. The van der Waals surface area contributed by atoms with Crippen molar-refractivity contribution in [3.05, 3.63) is 106 Å². The van der Waals surface area contributed by atoms with E-state index >= 15 is 0 Å². The molecule has 0 amide bonds. The molecule has 1 aliphatic rings. The van der Waals surface area contributed by atoms with Gasteiger partial charge in [-0.05, 0) is 57.0 Å². The number of thiazole rings is 1. The van der Waals surface area contributed by atoms with E-state index in [9.17, 15) is 19.7 Å². The van der Waals surface area contributed by atoms with Crippen LogP contribution < -0.4 is 24.4 Å². The summed E-state index contributed by atoms with van der Waals surface area (Å²) in [5.41, 5.74) is 2.22. The number of carbonyl (C=O) groups is 1. The molecule has 0 spiro atoms. The lowest BCUT2D eigenvalue weighted by Gasteiger charge is -2.27. The molecule has 0 N–H and O–H groups in total. The fourth-order valence-corrected chi connectivity index (χ4v) is 6.12. The monoisotopic (exact) mass is 617 g/mol. The predicted molar refractivity (Wildman–Crippen MR) is 165 cm³/mol. The van der Waals surface area contributed by atoms with Gasteiger partial charge in [-0.1, -0.05) is 30.4 Å². The SMILES string of the molecule is CCCOc1c(OC)cccc1[C@H]1C(C(=O)OCC)=C(C)N=c2s/c(=C/c3ccc(-c4ccc([N+](=O)[O-])cc4C)o3)c(=O)n21. The standard InChI is InChI=1S/C32H31N3O8S/c1-6-15-42-29-23(9-8-10-25(29)40-5)28-27(31(37)41-7-2)19(4)33-32-34(28)30(36)26(44-32)17-21-12-14-24(43-21)22-13-11-20(35(38)39)16-18(22)3/h8-14,16-17,28H,6-7,15H2,1-5H3/b26-17+/t28-/m0/s1. The number of aromatic nitrogens is 1. The summed E-state index contributed by atoms with van der Waals surface area (Å²) in [6, 6.07) is 12.5. The zero-order valence-corrected chi connectivity index (χ0v) is 25.7. The number of benzene rings is 2. The molecule has 0 bridgehead atoms. The fraction of sp³-hybridized carbons (Fsp3) is 0.281. The first-order chi connectivity index (χ1) is 21.2. The second-order valence-electron chi connectivity index (χ2n) is 9.99. The number of non-ortho nitro benzene ring substituents is 1. The van der Waals surface area contributed by atoms with Gasteiger partial charge in [0.1, 0.15) is 17.6 Å². The number of nitrogens with zero attached hydrogens (tertiary/aromatic N) is 3. The molecule has 4 aromatic rings. The normalized spacial score (nSPS) is 14.7. The minimum Gasteiger partial charge on any atom is -0.493 e. The van der Waals surface area contributed by atoms with E-state index in [4.69, 9.17) is 18.6 Å². The van der Waals surface area contributed by atoms with Crippen molar-refractivity contribution >= 4 is 29.1 Å². The number of furan rings is 1. The average Bonchev–Trinajstić information content (AvgIpc) is 3.58. The Morgan fingerprint density at radius 1 is 1.18 bits per heavy atom. The van der Waals surface area contributed by atoms with Gasteiger partial charge in [-0.2, -0.15) is 0 Å². The van der Waals surface area contributed by atoms with E-state index in [0.29, 0.717) is 61.3 Å². The summed E-state index contributed by atoms with van der Waals surface area (Å²) in [5, 5.41) is 11.1. The first-order valence-corrected chi connectivity index (χ1v) is 14.8. The van der Waals surface area contributed by atoms with Crippen LogP contribution in [-0.4, -0.2) is 35.8 Å². The number of methoxy groups -OCH3 is 1. The van der Waals surface area contributed by atoms with Gasteiger partial charge < -0.3 is 18.6 Å². The van der Waals surface area contributed by atoms with Crippen molar-refractivity contribution in [3.63, 3.8) is 0 Å². The fourth-order valence-electron chi connectivity index (χ4n) is 5.10. The van der Waals surface area contributed by atoms with Crippen LogP contribution in [0.2, 0.25) is 0 Å². The second kappa shape index (κ2) is 12.7. The number of rotatable bonds is 10. The molecule has 12 heteroatoms. The third-order valence-corrected chi connectivity index (χ3v) is 8.06. The largest absolute Gasteiger partial charge is 0.493 e. The van der Waals surface area contributed by atoms with Gasteiger partial charge in [0.2, 0.25) is 0 Å². The lowest BCUT2D eigenvalue weighted by molar-refractivity contribution is -0.384. The Hall–Kier alpha value is -4.97. The van der Waals surface area contributed by atoms with E-state index in [0.717, 1.165) is 6.42 Å². The molecule has 2 aromatic heterocycles. The highest BCUT2D eigenvalue weighted by Crippen LogP contribution is 2.41. The summed E-state index contributed by atoms with van der Waals surface area (Å²) in [4.78, 5) is 43.1. The Labute approximate surface area is 256 Å². The van der Waals surface area contributed by atoms with E-state index in [1.807, 2.05) is 6.92 Å². The number of esters is 1. The maximum Gasteiger partial charge on any atom is 0.338 e. The Bertz CT molecular complexity index is 1970. The number of hydrogen-bond donors (Lipinski definition) is 0. The molecule has 228 valence electrons. The summed E-state index contributed by atoms with van der Waals surface area (Å²) < 4.78 is 25.0. The molecular weight excluding hydrogens is 586 g/mol. The molecular formula is C32H31N3O8S. The molecule has 0 saturated carbocycles. The first kappa shape index (κ1) is 30.5. The van der Waals surface area contributed by atoms with Crippen LogP contribution in [0, 0.1) is 17.0 Å². The van der Waals surface area contributed by atoms with E-state index in [2.05, 4.69) is 4.99 Å². The van der Waals surface area contributed by atoms with Crippen molar-refractivity contribution in [1.29, 1.82) is 0 Å². The van der Waals surface area contributed by atoms with Gasteiger partial charge in [-0.15, -0.1) is 0 Å². The van der Waals surface area contributed by atoms with Crippen molar-refractivity contribution in [2.24, 2.45) is 4.99 Å². The second-order valence-corrected chi connectivity index (χ2v) is 11.0. The molecule has 0 fully saturated rings.